The van der Waals surface area contributed by atoms with Crippen molar-refractivity contribution < 1.29 is 23.5 Å². The first-order chi connectivity index (χ1) is 12.8. The minimum atomic E-state index is -1.03. The van der Waals surface area contributed by atoms with Gasteiger partial charge >= 0.3 is 5.97 Å². The minimum Gasteiger partial charge on any atom is -0.453 e. The summed E-state index contributed by atoms with van der Waals surface area (Å²) in [5.74, 6) is -1.73. The normalized spacial score (nSPS) is 11.6. The monoisotopic (exact) mass is 371 g/mol. The van der Waals surface area contributed by atoms with Crippen molar-refractivity contribution in [1.82, 2.24) is 0 Å². The standard InChI is InChI=1S/C21H22FNO4/c1-13-4-5-16(12-14(13)2)19(24)10-11-20(25)27-15(3)21(26)23-18-8-6-17(22)7-9-18/h4-9,12,15H,10-11H2,1-3H3,(H,23,26)/t15-/m0/s1. The molecule has 0 aromatic heterocycles. The van der Waals surface area contributed by atoms with E-state index in [0.29, 0.717) is 11.3 Å². The molecular formula is C21H22FNO4. The van der Waals surface area contributed by atoms with Crippen molar-refractivity contribution >= 4 is 23.3 Å². The van der Waals surface area contributed by atoms with E-state index in [2.05, 4.69) is 5.32 Å². The van der Waals surface area contributed by atoms with Gasteiger partial charge in [-0.3, -0.25) is 14.4 Å². The predicted octanol–water partition coefficient (Wildman–Crippen LogP) is 3.98. The van der Waals surface area contributed by atoms with E-state index in [9.17, 15) is 18.8 Å². The Morgan fingerprint density at radius 2 is 1.67 bits per heavy atom. The number of nitrogens with one attached hydrogen (secondary N) is 1. The highest BCUT2D eigenvalue weighted by Crippen LogP contribution is 2.13. The lowest BCUT2D eigenvalue weighted by atomic mass is 10.0. The number of ether oxygens (including phenoxy) is 1. The number of benzene rings is 2. The maximum absolute atomic E-state index is 12.9. The number of hydrogen-bond acceptors (Lipinski definition) is 4. The third-order valence-corrected chi connectivity index (χ3v) is 4.17. The van der Waals surface area contributed by atoms with E-state index >= 15 is 0 Å². The van der Waals surface area contributed by atoms with Crippen molar-refractivity contribution in [3.05, 3.63) is 65.0 Å². The number of carbonyl (C=O) groups excluding carboxylic acids is 3. The quantitative estimate of drug-likeness (QED) is 0.590. The Labute approximate surface area is 157 Å². The summed E-state index contributed by atoms with van der Waals surface area (Å²) in [6.45, 7) is 5.31. The van der Waals surface area contributed by atoms with E-state index in [-0.39, 0.29) is 18.6 Å². The molecule has 0 saturated carbocycles. The predicted molar refractivity (Wildman–Crippen MR) is 100 cm³/mol. The zero-order valence-electron chi connectivity index (χ0n) is 15.5. The van der Waals surface area contributed by atoms with Gasteiger partial charge in [-0.25, -0.2) is 4.39 Å². The summed E-state index contributed by atoms with van der Waals surface area (Å²) in [5.41, 5.74) is 3.05. The average Bonchev–Trinajstić information content (AvgIpc) is 2.63. The molecule has 0 aliphatic heterocycles. The van der Waals surface area contributed by atoms with Crippen LogP contribution in [0.3, 0.4) is 0 Å². The highest BCUT2D eigenvalue weighted by Gasteiger charge is 2.19. The maximum Gasteiger partial charge on any atom is 0.307 e. The molecule has 2 aromatic rings. The van der Waals surface area contributed by atoms with E-state index in [1.165, 1.54) is 31.2 Å². The van der Waals surface area contributed by atoms with Gasteiger partial charge in [-0.1, -0.05) is 12.1 Å². The van der Waals surface area contributed by atoms with E-state index < -0.39 is 23.8 Å². The van der Waals surface area contributed by atoms with Crippen LogP contribution in [0.1, 0.15) is 41.3 Å². The number of ketones is 1. The Kier molecular flexibility index (Phi) is 6.82. The van der Waals surface area contributed by atoms with Crippen molar-refractivity contribution in [3.8, 4) is 0 Å². The van der Waals surface area contributed by atoms with E-state index in [0.717, 1.165) is 11.1 Å². The fourth-order valence-corrected chi connectivity index (χ4v) is 2.36. The van der Waals surface area contributed by atoms with Gasteiger partial charge in [0.05, 0.1) is 6.42 Å². The molecule has 2 aromatic carbocycles. The molecule has 0 heterocycles. The summed E-state index contributed by atoms with van der Waals surface area (Å²) in [4.78, 5) is 36.1. The maximum atomic E-state index is 12.9. The summed E-state index contributed by atoms with van der Waals surface area (Å²) >= 11 is 0. The first-order valence-electron chi connectivity index (χ1n) is 8.62. The molecule has 5 nitrogen and oxygen atoms in total. The third-order valence-electron chi connectivity index (χ3n) is 4.17. The van der Waals surface area contributed by atoms with Gasteiger partial charge in [0, 0.05) is 17.7 Å². The summed E-state index contributed by atoms with van der Waals surface area (Å²) in [5, 5.41) is 2.53. The lowest BCUT2D eigenvalue weighted by Gasteiger charge is -2.13. The molecule has 0 radical (unpaired) electrons. The number of anilines is 1. The first kappa shape index (κ1) is 20.3. The molecule has 1 atom stereocenters. The zero-order chi connectivity index (χ0) is 20.0. The van der Waals surface area contributed by atoms with Crippen LogP contribution < -0.4 is 5.32 Å². The molecule has 27 heavy (non-hydrogen) atoms. The van der Waals surface area contributed by atoms with Crippen molar-refractivity contribution in [2.24, 2.45) is 0 Å². The Morgan fingerprint density at radius 1 is 1.00 bits per heavy atom. The van der Waals surface area contributed by atoms with Crippen LogP contribution in [0.5, 0.6) is 0 Å². The van der Waals surface area contributed by atoms with Crippen LogP contribution in [0.15, 0.2) is 42.5 Å². The van der Waals surface area contributed by atoms with Gasteiger partial charge < -0.3 is 10.1 Å². The second-order valence-electron chi connectivity index (χ2n) is 6.35. The van der Waals surface area contributed by atoms with Crippen LogP contribution in [-0.2, 0) is 14.3 Å². The lowest BCUT2D eigenvalue weighted by Crippen LogP contribution is -2.30. The topological polar surface area (TPSA) is 72.5 Å². The summed E-state index contributed by atoms with van der Waals surface area (Å²) in [6.07, 6.45) is -1.13. The smallest absolute Gasteiger partial charge is 0.307 e. The number of halogens is 1. The first-order valence-corrected chi connectivity index (χ1v) is 8.62. The number of esters is 1. The number of amides is 1. The number of carbonyl (C=O) groups is 3. The lowest BCUT2D eigenvalue weighted by molar-refractivity contribution is -0.153. The van der Waals surface area contributed by atoms with Crippen molar-refractivity contribution in [3.63, 3.8) is 0 Å². The largest absolute Gasteiger partial charge is 0.453 e. The summed E-state index contributed by atoms with van der Waals surface area (Å²) in [7, 11) is 0. The summed E-state index contributed by atoms with van der Waals surface area (Å²) < 4.78 is 17.9. The number of hydrogen-bond donors (Lipinski definition) is 1. The second kappa shape index (κ2) is 9.07. The van der Waals surface area contributed by atoms with Crippen molar-refractivity contribution in [2.45, 2.75) is 39.7 Å². The Morgan fingerprint density at radius 3 is 2.30 bits per heavy atom. The molecule has 0 saturated heterocycles. The molecule has 0 aliphatic rings. The van der Waals surface area contributed by atoms with Crippen LogP contribution in [0.2, 0.25) is 0 Å². The molecule has 0 spiro atoms. The number of aryl methyl sites for hydroxylation is 2. The zero-order valence-corrected chi connectivity index (χ0v) is 15.5. The highest BCUT2D eigenvalue weighted by atomic mass is 19.1. The number of rotatable bonds is 7. The van der Waals surface area contributed by atoms with E-state index in [4.69, 9.17) is 4.74 Å². The highest BCUT2D eigenvalue weighted by molar-refractivity contribution is 5.98. The average molecular weight is 371 g/mol. The van der Waals surface area contributed by atoms with Gasteiger partial charge in [0.15, 0.2) is 11.9 Å². The van der Waals surface area contributed by atoms with E-state index in [1.54, 1.807) is 12.1 Å². The number of Topliss-reactive ketones (excluding diaryl/α,β-unsaturated/α-hetero) is 1. The SMILES string of the molecule is Cc1ccc(C(=O)CCC(=O)O[C@@H](C)C(=O)Nc2ccc(F)cc2)cc1C. The molecule has 0 unspecified atom stereocenters. The molecule has 1 amide bonds. The molecular weight excluding hydrogens is 349 g/mol. The Bertz CT molecular complexity index is 846. The van der Waals surface area contributed by atoms with Gasteiger partial charge in [-0.2, -0.15) is 0 Å². The van der Waals surface area contributed by atoms with E-state index in [1.807, 2.05) is 19.9 Å². The minimum absolute atomic E-state index is 0.00757. The molecule has 2 rings (SSSR count). The van der Waals surface area contributed by atoms with Gasteiger partial charge in [0.2, 0.25) is 0 Å². The van der Waals surface area contributed by atoms with Crippen LogP contribution in [0.4, 0.5) is 10.1 Å². The van der Waals surface area contributed by atoms with Crippen LogP contribution in [0.25, 0.3) is 0 Å². The van der Waals surface area contributed by atoms with Gasteiger partial charge in [0.1, 0.15) is 5.82 Å². The molecule has 142 valence electrons. The summed E-state index contributed by atoms with van der Waals surface area (Å²) in [6, 6.07) is 10.6. The fourth-order valence-electron chi connectivity index (χ4n) is 2.36. The van der Waals surface area contributed by atoms with Crippen molar-refractivity contribution in [2.75, 3.05) is 5.32 Å². The molecule has 6 heteroatoms. The molecule has 1 N–H and O–H groups in total. The molecule has 0 fully saturated rings. The fraction of sp³-hybridized carbons (Fsp3) is 0.286. The van der Waals surface area contributed by atoms with Crippen LogP contribution in [0, 0.1) is 19.7 Å². The Balaban J connectivity index is 1.81. The third kappa shape index (κ3) is 6.02. The van der Waals surface area contributed by atoms with Gasteiger partial charge in [-0.05, 0) is 62.2 Å². The Hall–Kier alpha value is -3.02. The van der Waals surface area contributed by atoms with Gasteiger partial charge in [-0.15, -0.1) is 0 Å². The molecule has 0 aliphatic carbocycles. The van der Waals surface area contributed by atoms with Crippen LogP contribution in [-0.4, -0.2) is 23.8 Å². The molecule has 0 bridgehead atoms. The second-order valence-corrected chi connectivity index (χ2v) is 6.35. The van der Waals surface area contributed by atoms with Gasteiger partial charge in [0.25, 0.3) is 5.91 Å². The van der Waals surface area contributed by atoms with Crippen molar-refractivity contribution in [1.29, 1.82) is 0 Å². The van der Waals surface area contributed by atoms with Crippen LogP contribution >= 0.6 is 0 Å².